The average Bonchev–Trinajstić information content (AvgIpc) is 1.91. The Morgan fingerprint density at radius 2 is 1.82 bits per heavy atom. The molecule has 0 radical (unpaired) electrons. The molecule has 0 aliphatic carbocycles. The highest BCUT2D eigenvalue weighted by molar-refractivity contribution is 5.94. The molecule has 0 aliphatic rings. The Kier molecular flexibility index (Phi) is 10.1. The van der Waals surface area contributed by atoms with Crippen molar-refractivity contribution in [1.82, 2.24) is 0 Å². The van der Waals surface area contributed by atoms with Crippen LogP contribution in [-0.4, -0.2) is 18.4 Å². The molecule has 0 N–H and O–H groups in total. The Morgan fingerprint density at radius 1 is 1.36 bits per heavy atom. The summed E-state index contributed by atoms with van der Waals surface area (Å²) in [6, 6.07) is 0. The van der Waals surface area contributed by atoms with E-state index in [-0.39, 0.29) is 12.2 Å². The van der Waals surface area contributed by atoms with E-state index in [9.17, 15) is 9.59 Å². The van der Waals surface area contributed by atoms with Gasteiger partial charge >= 0.3 is 5.97 Å². The van der Waals surface area contributed by atoms with Crippen LogP contribution in [0.15, 0.2) is 13.2 Å². The first-order valence-corrected chi connectivity index (χ1v) is 3.32. The molecule has 0 saturated carbocycles. The van der Waals surface area contributed by atoms with Crippen LogP contribution in [0.1, 0.15) is 20.3 Å². The van der Waals surface area contributed by atoms with Gasteiger partial charge in [0.05, 0.1) is 6.61 Å². The fraction of sp³-hybridized carbons (Fsp3) is 0.500. The molecule has 0 amide bonds. The maximum absolute atomic E-state index is 10.4. The van der Waals surface area contributed by atoms with E-state index in [1.54, 1.807) is 6.92 Å². The summed E-state index contributed by atoms with van der Waals surface area (Å²) in [5, 5.41) is 0. The number of carbonyl (C=O) groups excluding carboxylic acids is 2. The van der Waals surface area contributed by atoms with E-state index < -0.39 is 5.97 Å². The molecule has 0 rings (SSSR count). The third kappa shape index (κ3) is 12.2. The lowest BCUT2D eigenvalue weighted by Crippen LogP contribution is -2.07. The van der Waals surface area contributed by atoms with Crippen LogP contribution in [0.3, 0.4) is 0 Å². The van der Waals surface area contributed by atoms with Crippen LogP contribution in [0.5, 0.6) is 0 Å². The molecule has 3 nitrogen and oxygen atoms in total. The summed E-state index contributed by atoms with van der Waals surface area (Å²) < 4.78 is 4.49. The lowest BCUT2D eigenvalue weighted by atomic mass is 10.3. The summed E-state index contributed by atoms with van der Waals surface area (Å²) in [5.74, 6) is -0.599. The molecule has 0 aromatic heterocycles. The zero-order chi connectivity index (χ0) is 9.28. The summed E-state index contributed by atoms with van der Waals surface area (Å²) in [6.45, 7) is 9.40. The van der Waals surface area contributed by atoms with Crippen LogP contribution in [0.25, 0.3) is 0 Å². The number of carbonyl (C=O) groups is 2. The second kappa shape index (κ2) is 8.88. The molecule has 64 valence electrons. The van der Waals surface area contributed by atoms with Crippen LogP contribution >= 0.6 is 0 Å². The normalized spacial score (nSPS) is 7.45. The van der Waals surface area contributed by atoms with Crippen LogP contribution in [-0.2, 0) is 14.3 Å². The van der Waals surface area contributed by atoms with Gasteiger partial charge in [-0.15, -0.1) is 13.2 Å². The van der Waals surface area contributed by atoms with E-state index in [0.29, 0.717) is 6.61 Å². The predicted molar refractivity (Wildman–Crippen MR) is 43.2 cm³/mol. The minimum absolute atomic E-state index is 0.103. The van der Waals surface area contributed by atoms with Crippen molar-refractivity contribution >= 4 is 11.8 Å². The SMILES string of the molecule is C=C.CCOC(=O)CC(C)=O. The first-order valence-electron chi connectivity index (χ1n) is 3.32. The molecule has 11 heavy (non-hydrogen) atoms. The zero-order valence-electron chi connectivity index (χ0n) is 7.05. The molecule has 0 aromatic rings. The van der Waals surface area contributed by atoms with Gasteiger partial charge in [0.2, 0.25) is 0 Å². The Bertz CT molecular complexity index is 129. The second-order valence-corrected chi connectivity index (χ2v) is 1.68. The van der Waals surface area contributed by atoms with Gasteiger partial charge in [-0.2, -0.15) is 0 Å². The lowest BCUT2D eigenvalue weighted by molar-refractivity contribution is -0.145. The van der Waals surface area contributed by atoms with E-state index in [0.717, 1.165) is 0 Å². The lowest BCUT2D eigenvalue weighted by Gasteiger charge is -1.96. The Hall–Kier alpha value is -1.12. The minimum atomic E-state index is -0.440. The van der Waals surface area contributed by atoms with Gasteiger partial charge in [-0.05, 0) is 13.8 Å². The number of hydrogen-bond acceptors (Lipinski definition) is 3. The highest BCUT2D eigenvalue weighted by Gasteiger charge is 2.03. The molecule has 0 spiro atoms. The number of hydrogen-bond donors (Lipinski definition) is 0. The highest BCUT2D eigenvalue weighted by atomic mass is 16.5. The molecule has 0 unspecified atom stereocenters. The molecule has 0 aromatic carbocycles. The van der Waals surface area contributed by atoms with Gasteiger partial charge in [0.1, 0.15) is 12.2 Å². The maximum Gasteiger partial charge on any atom is 0.313 e. The van der Waals surface area contributed by atoms with E-state index in [1.807, 2.05) is 0 Å². The monoisotopic (exact) mass is 158 g/mol. The number of Topliss-reactive ketones (excluding diaryl/α,β-unsaturated/α-hetero) is 1. The van der Waals surface area contributed by atoms with Crippen LogP contribution in [0.4, 0.5) is 0 Å². The third-order valence-corrected chi connectivity index (χ3v) is 0.699. The third-order valence-electron chi connectivity index (χ3n) is 0.699. The minimum Gasteiger partial charge on any atom is -0.466 e. The summed E-state index contributed by atoms with van der Waals surface area (Å²) in [5.41, 5.74) is 0. The van der Waals surface area contributed by atoms with Crippen molar-refractivity contribution < 1.29 is 14.3 Å². The van der Waals surface area contributed by atoms with Crippen molar-refractivity contribution in [1.29, 1.82) is 0 Å². The van der Waals surface area contributed by atoms with Gasteiger partial charge in [-0.1, -0.05) is 0 Å². The van der Waals surface area contributed by atoms with Crippen molar-refractivity contribution in [2.24, 2.45) is 0 Å². The van der Waals surface area contributed by atoms with Crippen LogP contribution in [0, 0.1) is 0 Å². The Balaban J connectivity index is 0. The smallest absolute Gasteiger partial charge is 0.313 e. The van der Waals surface area contributed by atoms with Gasteiger partial charge in [-0.25, -0.2) is 0 Å². The molecule has 0 saturated heterocycles. The van der Waals surface area contributed by atoms with Crippen molar-refractivity contribution in [3.8, 4) is 0 Å². The van der Waals surface area contributed by atoms with Gasteiger partial charge in [0, 0.05) is 0 Å². The first kappa shape index (κ1) is 12.5. The largest absolute Gasteiger partial charge is 0.466 e. The van der Waals surface area contributed by atoms with Crippen molar-refractivity contribution in [3.05, 3.63) is 13.2 Å². The molecular formula is C8H14O3. The molecule has 3 heteroatoms. The van der Waals surface area contributed by atoms with Crippen molar-refractivity contribution in [3.63, 3.8) is 0 Å². The van der Waals surface area contributed by atoms with E-state index >= 15 is 0 Å². The van der Waals surface area contributed by atoms with Crippen molar-refractivity contribution in [2.45, 2.75) is 20.3 Å². The first-order chi connectivity index (χ1) is 5.16. The molecule has 0 atom stereocenters. The number of ether oxygens (including phenoxy) is 1. The average molecular weight is 158 g/mol. The van der Waals surface area contributed by atoms with Gasteiger partial charge in [-0.3, -0.25) is 9.59 Å². The van der Waals surface area contributed by atoms with Gasteiger partial charge in [0.25, 0.3) is 0 Å². The standard InChI is InChI=1S/C6H10O3.C2H4/c1-3-9-6(8)4-5(2)7;1-2/h3-4H2,1-2H3;1-2H2. The molecule has 0 heterocycles. The van der Waals surface area contributed by atoms with Crippen molar-refractivity contribution in [2.75, 3.05) is 6.61 Å². The highest BCUT2D eigenvalue weighted by Crippen LogP contribution is 1.86. The molecule has 0 aliphatic heterocycles. The fourth-order valence-corrected chi connectivity index (χ4v) is 0.415. The van der Waals surface area contributed by atoms with Gasteiger partial charge < -0.3 is 4.74 Å². The molecular weight excluding hydrogens is 144 g/mol. The number of rotatable bonds is 3. The van der Waals surface area contributed by atoms with E-state index in [2.05, 4.69) is 17.9 Å². The second-order valence-electron chi connectivity index (χ2n) is 1.68. The summed E-state index contributed by atoms with van der Waals surface area (Å²) in [6.07, 6.45) is -0.103. The van der Waals surface area contributed by atoms with Crippen LogP contribution < -0.4 is 0 Å². The quantitative estimate of drug-likeness (QED) is 0.353. The number of ketones is 1. The van der Waals surface area contributed by atoms with E-state index in [4.69, 9.17) is 0 Å². The molecule has 0 fully saturated rings. The van der Waals surface area contributed by atoms with Gasteiger partial charge in [0.15, 0.2) is 0 Å². The van der Waals surface area contributed by atoms with Crippen LogP contribution in [0.2, 0.25) is 0 Å². The molecule has 0 bridgehead atoms. The summed E-state index contributed by atoms with van der Waals surface area (Å²) >= 11 is 0. The summed E-state index contributed by atoms with van der Waals surface area (Å²) in [7, 11) is 0. The Labute approximate surface area is 67.0 Å². The topological polar surface area (TPSA) is 43.4 Å². The van der Waals surface area contributed by atoms with E-state index in [1.165, 1.54) is 6.92 Å². The maximum atomic E-state index is 10.4. The predicted octanol–water partition coefficient (Wildman–Crippen LogP) is 1.33. The Morgan fingerprint density at radius 3 is 2.09 bits per heavy atom. The zero-order valence-corrected chi connectivity index (χ0v) is 7.05. The fourth-order valence-electron chi connectivity index (χ4n) is 0.415. The number of esters is 1. The summed E-state index contributed by atoms with van der Waals surface area (Å²) in [4.78, 5) is 20.6.